The molecule has 15 heavy (non-hydrogen) atoms. The molecule has 0 radical (unpaired) electrons. The molecular weight excluding hydrogens is 213 g/mol. The highest BCUT2D eigenvalue weighted by Crippen LogP contribution is 2.26. The molecule has 0 aromatic carbocycles. The zero-order chi connectivity index (χ0) is 11.1. The van der Waals surface area contributed by atoms with Gasteiger partial charge < -0.3 is 4.90 Å². The van der Waals surface area contributed by atoms with E-state index in [4.69, 9.17) is 0 Å². The van der Waals surface area contributed by atoms with Crippen LogP contribution >= 0.6 is 0 Å². The molecule has 82 valence electrons. The monoisotopic (exact) mass is 220 g/mol. The zero-order valence-corrected chi connectivity index (χ0v) is 7.53. The number of aromatic nitrogens is 3. The number of carbonyl (C=O) groups excluding carboxylic acids is 1. The Balaban J connectivity index is 2.29. The largest absolute Gasteiger partial charge is 0.453 e. The molecule has 1 aliphatic heterocycles. The van der Waals surface area contributed by atoms with E-state index in [9.17, 15) is 18.0 Å². The lowest BCUT2D eigenvalue weighted by Gasteiger charge is -2.22. The number of amides is 1. The van der Waals surface area contributed by atoms with Crippen LogP contribution in [-0.4, -0.2) is 32.6 Å². The van der Waals surface area contributed by atoms with Crippen LogP contribution in [0.1, 0.15) is 11.6 Å². The number of rotatable bonds is 1. The first-order chi connectivity index (χ1) is 7.00. The molecule has 2 rings (SSSR count). The molecule has 2 heterocycles. The van der Waals surface area contributed by atoms with Gasteiger partial charge in [0, 0.05) is 6.54 Å². The Bertz CT molecular complexity index is 386. The van der Waals surface area contributed by atoms with E-state index >= 15 is 0 Å². The van der Waals surface area contributed by atoms with Crippen molar-refractivity contribution in [3.05, 3.63) is 11.6 Å². The lowest BCUT2D eigenvalue weighted by molar-refractivity contribution is -0.145. The maximum absolute atomic E-state index is 12.2. The first-order valence-electron chi connectivity index (χ1n) is 4.21. The Morgan fingerprint density at radius 3 is 2.67 bits per heavy atom. The van der Waals surface area contributed by atoms with Crippen molar-refractivity contribution in [2.75, 3.05) is 6.54 Å². The number of hydrogen-bond donors (Lipinski definition) is 0. The van der Waals surface area contributed by atoms with Crippen molar-refractivity contribution in [1.29, 1.82) is 0 Å². The predicted molar refractivity (Wildman–Crippen MR) is 41.5 cm³/mol. The summed E-state index contributed by atoms with van der Waals surface area (Å²) in [5, 5.41) is 3.33. The molecule has 1 aromatic rings. The summed E-state index contributed by atoms with van der Waals surface area (Å²) in [4.78, 5) is 15.1. The average molecular weight is 220 g/mol. The van der Waals surface area contributed by atoms with E-state index in [1.807, 2.05) is 0 Å². The fourth-order valence-electron chi connectivity index (χ4n) is 1.36. The summed E-state index contributed by atoms with van der Waals surface area (Å²) in [6.45, 7) is 0.681. The second-order valence-corrected chi connectivity index (χ2v) is 3.15. The summed E-state index contributed by atoms with van der Waals surface area (Å²) in [7, 11) is 0. The van der Waals surface area contributed by atoms with Crippen molar-refractivity contribution < 1.29 is 18.0 Å². The molecule has 8 heteroatoms. The molecule has 0 atom stereocenters. The number of alkyl halides is 3. The van der Waals surface area contributed by atoms with Crippen molar-refractivity contribution in [1.82, 2.24) is 19.7 Å². The SMILES string of the molecule is O=CN1CCn2nc(C(F)(F)F)nc2C1. The van der Waals surface area contributed by atoms with Gasteiger partial charge in [-0.1, -0.05) is 0 Å². The first-order valence-corrected chi connectivity index (χ1v) is 4.21. The minimum absolute atomic E-state index is 0.0760. The van der Waals surface area contributed by atoms with Gasteiger partial charge >= 0.3 is 6.18 Å². The third-order valence-corrected chi connectivity index (χ3v) is 2.09. The Hall–Kier alpha value is -1.60. The highest BCUT2D eigenvalue weighted by Gasteiger charge is 2.37. The topological polar surface area (TPSA) is 51.0 Å². The van der Waals surface area contributed by atoms with Gasteiger partial charge in [0.15, 0.2) is 0 Å². The molecule has 0 fully saturated rings. The predicted octanol–water partition coefficient (Wildman–Crippen LogP) is 0.269. The number of carbonyl (C=O) groups is 1. The van der Waals surface area contributed by atoms with Crippen LogP contribution in [0.3, 0.4) is 0 Å². The van der Waals surface area contributed by atoms with Gasteiger partial charge in [0.1, 0.15) is 5.82 Å². The van der Waals surface area contributed by atoms with Crippen LogP contribution < -0.4 is 0 Å². The van der Waals surface area contributed by atoms with Crippen molar-refractivity contribution in [2.45, 2.75) is 19.3 Å². The van der Waals surface area contributed by atoms with E-state index in [1.165, 1.54) is 9.58 Å². The van der Waals surface area contributed by atoms with Crippen molar-refractivity contribution in [2.24, 2.45) is 0 Å². The van der Waals surface area contributed by atoms with Gasteiger partial charge in [-0.15, -0.1) is 5.10 Å². The summed E-state index contributed by atoms with van der Waals surface area (Å²) in [6, 6.07) is 0. The van der Waals surface area contributed by atoms with E-state index in [1.54, 1.807) is 0 Å². The van der Waals surface area contributed by atoms with E-state index < -0.39 is 12.0 Å². The van der Waals surface area contributed by atoms with Crippen molar-refractivity contribution >= 4 is 6.41 Å². The van der Waals surface area contributed by atoms with Gasteiger partial charge in [-0.2, -0.15) is 13.2 Å². The van der Waals surface area contributed by atoms with Crippen molar-refractivity contribution in [3.8, 4) is 0 Å². The Kier molecular flexibility index (Phi) is 2.13. The van der Waals surface area contributed by atoms with Gasteiger partial charge in [-0.25, -0.2) is 9.67 Å². The third-order valence-electron chi connectivity index (χ3n) is 2.09. The summed E-state index contributed by atoms with van der Waals surface area (Å²) < 4.78 is 37.9. The summed E-state index contributed by atoms with van der Waals surface area (Å²) in [5.74, 6) is -0.981. The summed E-state index contributed by atoms with van der Waals surface area (Å²) in [5.41, 5.74) is 0. The maximum atomic E-state index is 12.2. The number of halogens is 3. The molecular formula is C7H7F3N4O. The third kappa shape index (κ3) is 1.79. The second kappa shape index (κ2) is 3.21. The minimum Gasteiger partial charge on any atom is -0.336 e. The van der Waals surface area contributed by atoms with Gasteiger partial charge in [0.25, 0.3) is 5.82 Å². The molecule has 0 saturated heterocycles. The molecule has 5 nitrogen and oxygen atoms in total. The van der Waals surface area contributed by atoms with Crippen LogP contribution in [-0.2, 0) is 24.1 Å². The summed E-state index contributed by atoms with van der Waals surface area (Å²) >= 11 is 0. The van der Waals surface area contributed by atoms with E-state index in [0.29, 0.717) is 13.0 Å². The lowest BCUT2D eigenvalue weighted by Crippen LogP contribution is -2.33. The lowest BCUT2D eigenvalue weighted by atomic mass is 10.4. The number of fused-ring (bicyclic) bond motifs is 1. The fraction of sp³-hybridized carbons (Fsp3) is 0.571. The van der Waals surface area contributed by atoms with Crippen LogP contribution in [0, 0.1) is 0 Å². The van der Waals surface area contributed by atoms with Crippen molar-refractivity contribution in [3.63, 3.8) is 0 Å². The van der Waals surface area contributed by atoms with Crippen LogP contribution in [0.15, 0.2) is 0 Å². The molecule has 1 amide bonds. The van der Waals surface area contributed by atoms with Gasteiger partial charge in [0.2, 0.25) is 6.41 Å². The Morgan fingerprint density at radius 2 is 2.07 bits per heavy atom. The van der Waals surface area contributed by atoms with Crippen LogP contribution in [0.5, 0.6) is 0 Å². The molecule has 0 aliphatic carbocycles. The highest BCUT2D eigenvalue weighted by atomic mass is 19.4. The molecule has 0 bridgehead atoms. The average Bonchev–Trinajstić information content (AvgIpc) is 2.59. The summed E-state index contributed by atoms with van der Waals surface area (Å²) in [6.07, 6.45) is -3.94. The molecule has 0 spiro atoms. The molecule has 0 N–H and O–H groups in total. The zero-order valence-electron chi connectivity index (χ0n) is 7.53. The van der Waals surface area contributed by atoms with Gasteiger partial charge in [-0.3, -0.25) is 4.79 Å². The first kappa shape index (κ1) is 9.94. The second-order valence-electron chi connectivity index (χ2n) is 3.15. The van der Waals surface area contributed by atoms with Crippen LogP contribution in [0.25, 0.3) is 0 Å². The van der Waals surface area contributed by atoms with Crippen LogP contribution in [0.2, 0.25) is 0 Å². The molecule has 0 unspecified atom stereocenters. The standard InChI is InChI=1S/C7H7F3N4O/c8-7(9,10)6-11-5-3-13(4-15)1-2-14(5)12-6/h4H,1-3H2. The smallest absolute Gasteiger partial charge is 0.336 e. The van der Waals surface area contributed by atoms with E-state index in [-0.39, 0.29) is 18.9 Å². The quantitative estimate of drug-likeness (QED) is 0.638. The Morgan fingerprint density at radius 1 is 1.33 bits per heavy atom. The highest BCUT2D eigenvalue weighted by molar-refractivity contribution is 5.47. The van der Waals surface area contributed by atoms with Gasteiger partial charge in [-0.05, 0) is 0 Å². The minimum atomic E-state index is -4.53. The Labute approximate surface area is 82.5 Å². The molecule has 0 saturated carbocycles. The maximum Gasteiger partial charge on any atom is 0.453 e. The van der Waals surface area contributed by atoms with Crippen LogP contribution in [0.4, 0.5) is 13.2 Å². The molecule has 1 aromatic heterocycles. The molecule has 1 aliphatic rings. The fourth-order valence-corrected chi connectivity index (χ4v) is 1.36. The number of nitrogens with zero attached hydrogens (tertiary/aromatic N) is 4. The normalized spacial score (nSPS) is 16.3. The van der Waals surface area contributed by atoms with E-state index in [2.05, 4.69) is 10.1 Å². The van der Waals surface area contributed by atoms with Gasteiger partial charge in [0.05, 0.1) is 13.1 Å². The number of hydrogen-bond acceptors (Lipinski definition) is 3. The van der Waals surface area contributed by atoms with E-state index in [0.717, 1.165) is 0 Å².